The van der Waals surface area contributed by atoms with Gasteiger partial charge in [0.1, 0.15) is 23.0 Å². The number of para-hydroxylation sites is 1. The Bertz CT molecular complexity index is 1500. The summed E-state index contributed by atoms with van der Waals surface area (Å²) >= 11 is 0. The summed E-state index contributed by atoms with van der Waals surface area (Å²) in [7, 11) is 3.50. The molecule has 156 valence electrons. The van der Waals surface area contributed by atoms with Crippen LogP contribution in [-0.2, 0) is 4.79 Å². The zero-order valence-corrected chi connectivity index (χ0v) is 17.8. The average molecular weight is 419 g/mol. The largest absolute Gasteiger partial charge is 0.497 e. The molecule has 1 aliphatic rings. The fourth-order valence-electron chi connectivity index (χ4n) is 4.88. The molecule has 32 heavy (non-hydrogen) atoms. The van der Waals surface area contributed by atoms with Crippen LogP contribution in [0, 0.1) is 0 Å². The number of benzene rings is 4. The van der Waals surface area contributed by atoms with E-state index in [2.05, 4.69) is 18.2 Å². The summed E-state index contributed by atoms with van der Waals surface area (Å²) in [5, 5.41) is 3.16. The number of rotatable bonds is 3. The molecule has 5 aromatic rings. The Morgan fingerprint density at radius 3 is 2.50 bits per heavy atom. The Balaban J connectivity index is 1.71. The maximum atomic E-state index is 13.4. The molecule has 2 heterocycles. The van der Waals surface area contributed by atoms with Crippen LogP contribution in [0.15, 0.2) is 89.3 Å². The average Bonchev–Trinajstić information content (AvgIpc) is 3.34. The Morgan fingerprint density at radius 2 is 1.69 bits per heavy atom. The van der Waals surface area contributed by atoms with Crippen molar-refractivity contribution >= 4 is 33.3 Å². The van der Waals surface area contributed by atoms with Gasteiger partial charge >= 0.3 is 0 Å². The summed E-state index contributed by atoms with van der Waals surface area (Å²) in [5.74, 6) is 1.04. The van der Waals surface area contributed by atoms with Gasteiger partial charge in [-0.15, -0.1) is 0 Å². The first-order chi connectivity index (χ1) is 15.7. The molecule has 4 heteroatoms. The number of amides is 1. The minimum absolute atomic E-state index is 0.0217. The lowest BCUT2D eigenvalue weighted by Gasteiger charge is -2.12. The summed E-state index contributed by atoms with van der Waals surface area (Å²) in [6.45, 7) is 0. The van der Waals surface area contributed by atoms with Crippen LogP contribution in [0.2, 0.25) is 0 Å². The van der Waals surface area contributed by atoms with Gasteiger partial charge < -0.3 is 14.1 Å². The van der Waals surface area contributed by atoms with Gasteiger partial charge in [0.15, 0.2) is 0 Å². The third kappa shape index (κ3) is 2.59. The van der Waals surface area contributed by atoms with Crippen molar-refractivity contribution in [3.05, 3.63) is 96.3 Å². The second kappa shape index (κ2) is 6.99. The first-order valence-electron chi connectivity index (χ1n) is 10.6. The SMILES string of the molecule is COc1ccc2c(ccc3oc(C4C(=O)N(C)c5ccccc54)c(-c4ccccc4)c32)c1. The summed E-state index contributed by atoms with van der Waals surface area (Å²) in [5.41, 5.74) is 4.68. The van der Waals surface area contributed by atoms with E-state index in [1.54, 1.807) is 12.0 Å². The van der Waals surface area contributed by atoms with Crippen molar-refractivity contribution < 1.29 is 13.9 Å². The van der Waals surface area contributed by atoms with Crippen molar-refractivity contribution in [2.24, 2.45) is 0 Å². The molecule has 1 atom stereocenters. The molecule has 0 spiro atoms. The monoisotopic (exact) mass is 419 g/mol. The number of hydrogen-bond acceptors (Lipinski definition) is 3. The Hall–Kier alpha value is -4.05. The molecule has 1 aliphatic heterocycles. The number of fused-ring (bicyclic) bond motifs is 4. The minimum atomic E-state index is -0.480. The van der Waals surface area contributed by atoms with Crippen molar-refractivity contribution in [3.8, 4) is 16.9 Å². The van der Waals surface area contributed by atoms with Gasteiger partial charge in [0, 0.05) is 23.7 Å². The number of likely N-dealkylation sites (N-methyl/N-ethyl adjacent to an activating group) is 1. The van der Waals surface area contributed by atoms with Crippen LogP contribution in [0.1, 0.15) is 17.2 Å². The van der Waals surface area contributed by atoms with Gasteiger partial charge in [0.2, 0.25) is 5.91 Å². The van der Waals surface area contributed by atoms with E-state index in [4.69, 9.17) is 9.15 Å². The molecule has 0 saturated carbocycles. The number of hydrogen-bond donors (Lipinski definition) is 0. The fraction of sp³-hybridized carbons (Fsp3) is 0.107. The molecule has 4 nitrogen and oxygen atoms in total. The van der Waals surface area contributed by atoms with Gasteiger partial charge in [-0.2, -0.15) is 0 Å². The van der Waals surface area contributed by atoms with Crippen LogP contribution in [0.5, 0.6) is 5.75 Å². The van der Waals surface area contributed by atoms with Gasteiger partial charge in [0.05, 0.1) is 7.11 Å². The molecule has 0 aliphatic carbocycles. The highest BCUT2D eigenvalue weighted by Gasteiger charge is 2.40. The van der Waals surface area contributed by atoms with Crippen molar-refractivity contribution in [3.63, 3.8) is 0 Å². The number of anilines is 1. The lowest BCUT2D eigenvalue weighted by Crippen LogP contribution is -2.24. The third-order valence-corrected chi connectivity index (χ3v) is 6.42. The third-order valence-electron chi connectivity index (χ3n) is 6.42. The van der Waals surface area contributed by atoms with Gasteiger partial charge in [-0.1, -0.05) is 54.6 Å². The first kappa shape index (κ1) is 18.7. The van der Waals surface area contributed by atoms with Gasteiger partial charge in [-0.05, 0) is 52.2 Å². The van der Waals surface area contributed by atoms with Gasteiger partial charge in [0.25, 0.3) is 0 Å². The van der Waals surface area contributed by atoms with E-state index < -0.39 is 5.92 Å². The lowest BCUT2D eigenvalue weighted by atomic mass is 9.90. The normalized spacial score (nSPS) is 15.5. The zero-order valence-electron chi connectivity index (χ0n) is 17.8. The van der Waals surface area contributed by atoms with Gasteiger partial charge in [-0.3, -0.25) is 4.79 Å². The number of methoxy groups -OCH3 is 1. The molecule has 1 amide bonds. The molecule has 0 fully saturated rings. The van der Waals surface area contributed by atoms with Crippen molar-refractivity contribution in [2.45, 2.75) is 5.92 Å². The minimum Gasteiger partial charge on any atom is -0.497 e. The molecule has 1 aromatic heterocycles. The van der Waals surface area contributed by atoms with Crippen molar-refractivity contribution in [2.75, 3.05) is 19.1 Å². The first-order valence-corrected chi connectivity index (χ1v) is 10.6. The summed E-state index contributed by atoms with van der Waals surface area (Å²) < 4.78 is 11.9. The summed E-state index contributed by atoms with van der Waals surface area (Å²) in [4.78, 5) is 15.1. The van der Waals surface area contributed by atoms with E-state index in [0.717, 1.165) is 49.9 Å². The topological polar surface area (TPSA) is 42.7 Å². The molecule has 6 rings (SSSR count). The van der Waals surface area contributed by atoms with Crippen LogP contribution in [-0.4, -0.2) is 20.1 Å². The number of nitrogens with zero attached hydrogens (tertiary/aromatic N) is 1. The Morgan fingerprint density at radius 1 is 0.906 bits per heavy atom. The highest BCUT2D eigenvalue weighted by atomic mass is 16.5. The van der Waals surface area contributed by atoms with Crippen LogP contribution >= 0.6 is 0 Å². The van der Waals surface area contributed by atoms with Crippen LogP contribution < -0.4 is 9.64 Å². The van der Waals surface area contributed by atoms with E-state index in [9.17, 15) is 4.79 Å². The Kier molecular flexibility index (Phi) is 4.08. The van der Waals surface area contributed by atoms with E-state index in [1.807, 2.05) is 73.8 Å². The highest BCUT2D eigenvalue weighted by Crippen LogP contribution is 2.48. The molecule has 0 N–H and O–H groups in total. The smallest absolute Gasteiger partial charge is 0.242 e. The molecule has 1 unspecified atom stereocenters. The molecule has 0 bridgehead atoms. The van der Waals surface area contributed by atoms with Crippen LogP contribution in [0.4, 0.5) is 5.69 Å². The summed E-state index contributed by atoms with van der Waals surface area (Å²) in [6.07, 6.45) is 0. The van der Waals surface area contributed by atoms with E-state index in [0.29, 0.717) is 5.76 Å². The van der Waals surface area contributed by atoms with Crippen molar-refractivity contribution in [1.82, 2.24) is 0 Å². The predicted octanol–water partition coefficient (Wildman–Crippen LogP) is 6.37. The standard InChI is InChI=1S/C28H21NO3/c1-29-22-11-7-6-10-21(22)26(28(29)30)27-24(17-8-4-3-5-9-17)25-20-14-13-19(31-2)16-18(20)12-15-23(25)32-27/h3-16,26H,1-2H3. The number of carbonyl (C=O) groups is 1. The van der Waals surface area contributed by atoms with E-state index >= 15 is 0 Å². The number of furan rings is 1. The Labute approximate surface area is 185 Å². The van der Waals surface area contributed by atoms with Crippen molar-refractivity contribution in [1.29, 1.82) is 0 Å². The maximum Gasteiger partial charge on any atom is 0.242 e. The molecule has 4 aromatic carbocycles. The molecule has 0 radical (unpaired) electrons. The van der Waals surface area contributed by atoms with Gasteiger partial charge in [-0.25, -0.2) is 0 Å². The predicted molar refractivity (Wildman–Crippen MR) is 127 cm³/mol. The summed E-state index contributed by atoms with van der Waals surface area (Å²) in [6, 6.07) is 28.2. The highest BCUT2D eigenvalue weighted by molar-refractivity contribution is 6.16. The number of ether oxygens (including phenoxy) is 1. The van der Waals surface area contributed by atoms with Crippen LogP contribution in [0.25, 0.3) is 32.9 Å². The second-order valence-electron chi connectivity index (χ2n) is 8.12. The van der Waals surface area contributed by atoms with E-state index in [1.165, 1.54) is 0 Å². The molecular formula is C28H21NO3. The lowest BCUT2D eigenvalue weighted by molar-refractivity contribution is -0.118. The maximum absolute atomic E-state index is 13.4. The van der Waals surface area contributed by atoms with E-state index in [-0.39, 0.29) is 5.91 Å². The van der Waals surface area contributed by atoms with Crippen LogP contribution in [0.3, 0.4) is 0 Å². The quantitative estimate of drug-likeness (QED) is 0.341. The second-order valence-corrected chi connectivity index (χ2v) is 8.12. The number of carbonyl (C=O) groups excluding carboxylic acids is 1. The molecule has 0 saturated heterocycles. The molecular weight excluding hydrogens is 398 g/mol. The fourth-order valence-corrected chi connectivity index (χ4v) is 4.88. The zero-order chi connectivity index (χ0) is 21.8.